The number of piperidine rings is 1. The number of amides is 2. The van der Waals surface area contributed by atoms with E-state index in [0.717, 1.165) is 24.8 Å². The van der Waals surface area contributed by atoms with Crippen molar-refractivity contribution >= 4 is 16.1 Å². The molecule has 156 valence electrons. The number of hydrogen-bond donors (Lipinski definition) is 1. The van der Waals surface area contributed by atoms with E-state index in [1.54, 1.807) is 43.4 Å². The van der Waals surface area contributed by atoms with Crippen LogP contribution >= 0.6 is 0 Å². The van der Waals surface area contributed by atoms with Crippen molar-refractivity contribution in [1.29, 1.82) is 0 Å². The first-order valence-corrected chi connectivity index (χ1v) is 11.1. The Morgan fingerprint density at radius 3 is 2.41 bits per heavy atom. The van der Waals surface area contributed by atoms with Gasteiger partial charge in [-0.15, -0.1) is 0 Å². The van der Waals surface area contributed by atoms with Crippen molar-refractivity contribution in [2.45, 2.75) is 37.2 Å². The molecule has 29 heavy (non-hydrogen) atoms. The molecule has 1 heterocycles. The van der Waals surface area contributed by atoms with Gasteiger partial charge in [0.1, 0.15) is 5.82 Å². The van der Waals surface area contributed by atoms with Gasteiger partial charge in [0.15, 0.2) is 0 Å². The molecule has 3 rings (SSSR count). The number of carbonyl (C=O) groups is 1. The summed E-state index contributed by atoms with van der Waals surface area (Å²) in [5.74, 6) is -0.337. The van der Waals surface area contributed by atoms with Crippen molar-refractivity contribution in [1.82, 2.24) is 14.5 Å². The molecule has 2 amide bonds. The van der Waals surface area contributed by atoms with Crippen LogP contribution in [0.1, 0.15) is 30.4 Å². The molecule has 2 aromatic carbocycles. The summed E-state index contributed by atoms with van der Waals surface area (Å²) >= 11 is 0. The Labute approximate surface area is 171 Å². The third-order valence-corrected chi connectivity index (χ3v) is 6.89. The topological polar surface area (TPSA) is 69.7 Å². The van der Waals surface area contributed by atoms with Crippen LogP contribution in [0.5, 0.6) is 0 Å². The van der Waals surface area contributed by atoms with E-state index in [9.17, 15) is 17.6 Å². The molecule has 8 heteroatoms. The van der Waals surface area contributed by atoms with Crippen LogP contribution in [-0.4, -0.2) is 43.8 Å². The van der Waals surface area contributed by atoms with Gasteiger partial charge < -0.3 is 10.2 Å². The number of carbonyl (C=O) groups excluding carboxylic acids is 1. The van der Waals surface area contributed by atoms with Crippen LogP contribution in [0.25, 0.3) is 0 Å². The standard InChI is InChI=1S/C21H26FN3O3S/c1-24(16-18-6-5-7-19(22)14-18)21(26)23-15-17-8-10-20(11-9-17)29(27,28)25-12-3-2-4-13-25/h5-11,14H,2-4,12-13,15-16H2,1H3,(H,23,26). The second-order valence-corrected chi connectivity index (χ2v) is 9.19. The van der Waals surface area contributed by atoms with Gasteiger partial charge >= 0.3 is 6.03 Å². The molecule has 0 aromatic heterocycles. The maximum Gasteiger partial charge on any atom is 0.317 e. The zero-order chi connectivity index (χ0) is 20.9. The Morgan fingerprint density at radius 2 is 1.76 bits per heavy atom. The Balaban J connectivity index is 1.55. The SMILES string of the molecule is CN(Cc1cccc(F)c1)C(=O)NCc1ccc(S(=O)(=O)N2CCCCC2)cc1. The number of nitrogens with zero attached hydrogens (tertiary/aromatic N) is 2. The first-order chi connectivity index (χ1) is 13.9. The molecule has 0 bridgehead atoms. The fourth-order valence-electron chi connectivity index (χ4n) is 3.33. The molecule has 0 radical (unpaired) electrons. The van der Waals surface area contributed by atoms with Gasteiger partial charge in [0, 0.05) is 33.2 Å². The third kappa shape index (κ3) is 5.55. The van der Waals surface area contributed by atoms with Crippen LogP contribution in [-0.2, 0) is 23.1 Å². The zero-order valence-electron chi connectivity index (χ0n) is 16.5. The Kier molecular flexibility index (Phi) is 6.87. The van der Waals surface area contributed by atoms with Gasteiger partial charge in [0.05, 0.1) is 4.90 Å². The molecule has 1 fully saturated rings. The van der Waals surface area contributed by atoms with Gasteiger partial charge in [0.25, 0.3) is 0 Å². The smallest absolute Gasteiger partial charge is 0.317 e. The number of nitrogens with one attached hydrogen (secondary N) is 1. The molecule has 0 spiro atoms. The molecule has 0 unspecified atom stereocenters. The van der Waals surface area contributed by atoms with Gasteiger partial charge in [0.2, 0.25) is 10.0 Å². The van der Waals surface area contributed by atoms with Crippen LogP contribution in [0.2, 0.25) is 0 Å². The number of hydrogen-bond acceptors (Lipinski definition) is 3. The van der Waals surface area contributed by atoms with E-state index >= 15 is 0 Å². The molecule has 1 N–H and O–H groups in total. The average Bonchev–Trinajstić information content (AvgIpc) is 2.73. The highest BCUT2D eigenvalue weighted by Gasteiger charge is 2.25. The molecule has 0 saturated carbocycles. The second-order valence-electron chi connectivity index (χ2n) is 7.25. The first-order valence-electron chi connectivity index (χ1n) is 9.69. The van der Waals surface area contributed by atoms with E-state index < -0.39 is 10.0 Å². The van der Waals surface area contributed by atoms with Gasteiger partial charge in [-0.25, -0.2) is 17.6 Å². The van der Waals surface area contributed by atoms with Crippen LogP contribution < -0.4 is 5.32 Å². The summed E-state index contributed by atoms with van der Waals surface area (Å²) in [4.78, 5) is 14.0. The molecule has 1 aliphatic heterocycles. The van der Waals surface area contributed by atoms with E-state index in [-0.39, 0.29) is 29.8 Å². The Hall–Kier alpha value is -2.45. The molecule has 1 aliphatic rings. The monoisotopic (exact) mass is 419 g/mol. The normalized spacial score (nSPS) is 15.1. The lowest BCUT2D eigenvalue weighted by Crippen LogP contribution is -2.36. The van der Waals surface area contributed by atoms with Crippen molar-refractivity contribution in [3.63, 3.8) is 0 Å². The largest absolute Gasteiger partial charge is 0.334 e. The quantitative estimate of drug-likeness (QED) is 0.781. The Morgan fingerprint density at radius 1 is 1.07 bits per heavy atom. The maximum atomic E-state index is 13.3. The van der Waals surface area contributed by atoms with Gasteiger partial charge in [-0.05, 0) is 48.2 Å². The number of halogens is 1. The van der Waals surface area contributed by atoms with Crippen molar-refractivity contribution in [3.8, 4) is 0 Å². The second kappa shape index (κ2) is 9.37. The van der Waals surface area contributed by atoms with E-state index in [4.69, 9.17) is 0 Å². The summed E-state index contributed by atoms with van der Waals surface area (Å²) < 4.78 is 40.1. The zero-order valence-corrected chi connectivity index (χ0v) is 17.3. The van der Waals surface area contributed by atoms with Crippen LogP contribution in [0.3, 0.4) is 0 Å². The van der Waals surface area contributed by atoms with Crippen molar-refractivity contribution in [2.75, 3.05) is 20.1 Å². The minimum absolute atomic E-state index is 0.274. The molecule has 2 aromatic rings. The summed E-state index contributed by atoms with van der Waals surface area (Å²) in [6, 6.07) is 12.4. The highest BCUT2D eigenvalue weighted by molar-refractivity contribution is 7.89. The lowest BCUT2D eigenvalue weighted by atomic mass is 10.2. The molecule has 6 nitrogen and oxygen atoms in total. The van der Waals surface area contributed by atoms with E-state index in [1.165, 1.54) is 21.3 Å². The molecular weight excluding hydrogens is 393 g/mol. The number of benzene rings is 2. The molecular formula is C21H26FN3O3S. The number of rotatable bonds is 6. The third-order valence-electron chi connectivity index (χ3n) is 4.98. The predicted octanol–water partition coefficient (Wildman–Crippen LogP) is 3.34. The summed E-state index contributed by atoms with van der Waals surface area (Å²) in [5, 5.41) is 2.79. The van der Waals surface area contributed by atoms with Crippen LogP contribution in [0, 0.1) is 5.82 Å². The van der Waals surface area contributed by atoms with Gasteiger partial charge in [-0.3, -0.25) is 0 Å². The summed E-state index contributed by atoms with van der Waals surface area (Å²) in [6.45, 7) is 1.70. The lowest BCUT2D eigenvalue weighted by Gasteiger charge is -2.25. The summed E-state index contributed by atoms with van der Waals surface area (Å²) in [6.07, 6.45) is 2.86. The summed E-state index contributed by atoms with van der Waals surface area (Å²) in [5.41, 5.74) is 1.50. The van der Waals surface area contributed by atoms with E-state index in [2.05, 4.69) is 5.32 Å². The summed E-state index contributed by atoms with van der Waals surface area (Å²) in [7, 11) is -1.82. The lowest BCUT2D eigenvalue weighted by molar-refractivity contribution is 0.206. The van der Waals surface area contributed by atoms with E-state index in [0.29, 0.717) is 18.7 Å². The molecule has 1 saturated heterocycles. The first kappa shape index (κ1) is 21.3. The van der Waals surface area contributed by atoms with Crippen molar-refractivity contribution < 1.29 is 17.6 Å². The van der Waals surface area contributed by atoms with E-state index in [1.807, 2.05) is 0 Å². The molecule has 0 aliphatic carbocycles. The van der Waals surface area contributed by atoms with Gasteiger partial charge in [-0.2, -0.15) is 4.31 Å². The van der Waals surface area contributed by atoms with Crippen LogP contribution in [0.15, 0.2) is 53.4 Å². The van der Waals surface area contributed by atoms with Gasteiger partial charge in [-0.1, -0.05) is 30.7 Å². The number of sulfonamides is 1. The number of urea groups is 1. The van der Waals surface area contributed by atoms with Crippen molar-refractivity contribution in [3.05, 3.63) is 65.5 Å². The maximum absolute atomic E-state index is 13.3. The minimum Gasteiger partial charge on any atom is -0.334 e. The highest BCUT2D eigenvalue weighted by atomic mass is 32.2. The van der Waals surface area contributed by atoms with Crippen molar-refractivity contribution in [2.24, 2.45) is 0 Å². The molecule has 0 atom stereocenters. The van der Waals surface area contributed by atoms with Crippen LogP contribution in [0.4, 0.5) is 9.18 Å². The predicted molar refractivity (Wildman–Crippen MR) is 109 cm³/mol. The highest BCUT2D eigenvalue weighted by Crippen LogP contribution is 2.20. The Bertz CT molecular complexity index is 942. The average molecular weight is 420 g/mol. The fourth-order valence-corrected chi connectivity index (χ4v) is 4.84. The fraction of sp³-hybridized carbons (Fsp3) is 0.381. The minimum atomic E-state index is -3.45.